The third-order valence-corrected chi connectivity index (χ3v) is 6.53. The first-order chi connectivity index (χ1) is 14.2. The van der Waals surface area contributed by atoms with E-state index in [4.69, 9.17) is 0 Å². The van der Waals surface area contributed by atoms with E-state index in [-0.39, 0.29) is 17.9 Å². The molecule has 0 radical (unpaired) electrons. The Bertz CT molecular complexity index is 900. The average Bonchev–Trinajstić information content (AvgIpc) is 3.46. The van der Waals surface area contributed by atoms with Gasteiger partial charge in [-0.2, -0.15) is 0 Å². The summed E-state index contributed by atoms with van der Waals surface area (Å²) in [6.07, 6.45) is 7.47. The molecule has 0 bridgehead atoms. The molecule has 4 rings (SSSR count). The number of amides is 1. The van der Waals surface area contributed by atoms with Gasteiger partial charge in [0.15, 0.2) is 0 Å². The summed E-state index contributed by atoms with van der Waals surface area (Å²) in [7, 11) is 0. The minimum absolute atomic E-state index is 0.0768. The molecule has 0 unspecified atom stereocenters. The summed E-state index contributed by atoms with van der Waals surface area (Å²) in [5, 5.41) is 13.7. The smallest absolute Gasteiger partial charge is 0.223 e. The minimum Gasteiger partial charge on any atom is -0.353 e. The van der Waals surface area contributed by atoms with Crippen molar-refractivity contribution in [2.75, 3.05) is 18.0 Å². The maximum Gasteiger partial charge on any atom is 0.223 e. The Morgan fingerprint density at radius 3 is 2.48 bits per heavy atom. The molecule has 0 aliphatic carbocycles. The van der Waals surface area contributed by atoms with Crippen LogP contribution in [0.25, 0.3) is 5.13 Å². The number of rotatable bonds is 7. The zero-order valence-corrected chi connectivity index (χ0v) is 17.5. The Balaban J connectivity index is 1.29. The van der Waals surface area contributed by atoms with E-state index < -0.39 is 0 Å². The van der Waals surface area contributed by atoms with Crippen LogP contribution in [0.3, 0.4) is 0 Å². The lowest BCUT2D eigenvalue weighted by molar-refractivity contribution is -0.126. The van der Waals surface area contributed by atoms with E-state index in [1.54, 1.807) is 11.3 Å². The van der Waals surface area contributed by atoms with Gasteiger partial charge in [-0.05, 0) is 43.4 Å². The van der Waals surface area contributed by atoms with Crippen molar-refractivity contribution in [2.45, 2.75) is 38.6 Å². The molecule has 0 spiro atoms. The van der Waals surface area contributed by atoms with E-state index in [1.807, 2.05) is 35.2 Å². The zero-order chi connectivity index (χ0) is 20.1. The number of hydrogen-bond acceptors (Lipinski definition) is 5. The van der Waals surface area contributed by atoms with Crippen LogP contribution < -0.4 is 10.2 Å². The summed E-state index contributed by atoms with van der Waals surface area (Å²) in [5.41, 5.74) is 1.27. The Labute approximate surface area is 175 Å². The zero-order valence-electron chi connectivity index (χ0n) is 16.7. The molecule has 3 aromatic rings. The predicted octanol–water partition coefficient (Wildman–Crippen LogP) is 3.68. The van der Waals surface area contributed by atoms with Crippen LogP contribution in [0, 0.1) is 5.92 Å². The summed E-state index contributed by atoms with van der Waals surface area (Å²) < 4.78 is 1.97. The second-order valence-corrected chi connectivity index (χ2v) is 8.46. The monoisotopic (exact) mass is 409 g/mol. The van der Waals surface area contributed by atoms with E-state index >= 15 is 0 Å². The molecule has 2 aromatic heterocycles. The number of nitrogens with one attached hydrogen (secondary N) is 1. The van der Waals surface area contributed by atoms with Crippen LogP contribution in [-0.4, -0.2) is 39.8 Å². The highest BCUT2D eigenvalue weighted by Gasteiger charge is 2.27. The summed E-state index contributed by atoms with van der Waals surface area (Å²) in [6.45, 7) is 3.82. The molecule has 0 saturated carbocycles. The van der Waals surface area contributed by atoms with Crippen molar-refractivity contribution in [3.8, 4) is 5.13 Å². The molecule has 3 heterocycles. The lowest BCUT2D eigenvalue weighted by Gasteiger charge is -2.31. The Morgan fingerprint density at radius 1 is 1.10 bits per heavy atom. The second kappa shape index (κ2) is 9.22. The lowest BCUT2D eigenvalue weighted by Crippen LogP contribution is -2.44. The molecule has 1 N–H and O–H groups in total. The topological polar surface area (TPSA) is 63.1 Å². The highest BCUT2D eigenvalue weighted by atomic mass is 32.1. The normalized spacial score (nSPS) is 16.0. The van der Waals surface area contributed by atoms with E-state index in [2.05, 4.69) is 51.6 Å². The van der Waals surface area contributed by atoms with Crippen molar-refractivity contribution >= 4 is 22.4 Å². The molecule has 7 heteroatoms. The minimum atomic E-state index is 0.0768. The van der Waals surface area contributed by atoms with Crippen LogP contribution in [0.4, 0.5) is 5.13 Å². The highest BCUT2D eigenvalue weighted by Crippen LogP contribution is 2.28. The highest BCUT2D eigenvalue weighted by molar-refractivity contribution is 7.17. The third kappa shape index (κ3) is 4.85. The average molecular weight is 410 g/mol. The molecule has 1 atom stereocenters. The number of carbonyl (C=O) groups excluding carboxylic acids is 1. The van der Waals surface area contributed by atoms with Gasteiger partial charge in [-0.1, -0.05) is 48.6 Å². The molecule has 1 aliphatic heterocycles. The maximum absolute atomic E-state index is 12.8. The van der Waals surface area contributed by atoms with E-state index in [1.165, 1.54) is 5.56 Å². The fourth-order valence-electron chi connectivity index (χ4n) is 3.75. The number of carbonyl (C=O) groups is 1. The molecule has 152 valence electrons. The molecule has 1 amide bonds. The van der Waals surface area contributed by atoms with Crippen LogP contribution in [0.2, 0.25) is 0 Å². The van der Waals surface area contributed by atoms with Crippen LogP contribution in [0.15, 0.2) is 54.9 Å². The first kappa shape index (κ1) is 19.6. The van der Waals surface area contributed by atoms with Gasteiger partial charge in [-0.25, -0.2) is 0 Å². The summed E-state index contributed by atoms with van der Waals surface area (Å²) in [4.78, 5) is 15.0. The number of aromatic nitrogens is 3. The summed E-state index contributed by atoms with van der Waals surface area (Å²) in [5.74, 6) is 0.269. The Hall–Kier alpha value is -2.67. The standard InChI is InChI=1S/C22H27N5OS/c1-2-19(16-17-8-4-3-5-9-17)23-20(28)18-10-14-27(15-11-18)22-25-24-21(29-22)26-12-6-7-13-26/h3-9,12-13,18-19H,2,10-11,14-16H2,1H3,(H,23,28)/t19-/m1/s1. The summed E-state index contributed by atoms with van der Waals surface area (Å²) >= 11 is 1.59. The number of hydrogen-bond donors (Lipinski definition) is 1. The fraction of sp³-hybridized carbons (Fsp3) is 0.409. The fourth-order valence-corrected chi connectivity index (χ4v) is 4.62. The van der Waals surface area contributed by atoms with Crippen molar-refractivity contribution < 1.29 is 4.79 Å². The van der Waals surface area contributed by atoms with Crippen molar-refractivity contribution in [1.82, 2.24) is 20.1 Å². The molecule has 29 heavy (non-hydrogen) atoms. The van der Waals surface area contributed by atoms with Gasteiger partial charge in [0.25, 0.3) is 0 Å². The number of benzene rings is 1. The molecular weight excluding hydrogens is 382 g/mol. The lowest BCUT2D eigenvalue weighted by atomic mass is 9.95. The van der Waals surface area contributed by atoms with Crippen molar-refractivity contribution in [3.63, 3.8) is 0 Å². The van der Waals surface area contributed by atoms with E-state index in [0.717, 1.165) is 49.0 Å². The predicted molar refractivity (Wildman–Crippen MR) is 117 cm³/mol. The maximum atomic E-state index is 12.8. The van der Waals surface area contributed by atoms with Gasteiger partial charge in [0.1, 0.15) is 0 Å². The van der Waals surface area contributed by atoms with Gasteiger partial charge in [0.2, 0.25) is 16.2 Å². The number of nitrogens with zero attached hydrogens (tertiary/aromatic N) is 4. The van der Waals surface area contributed by atoms with Crippen molar-refractivity contribution in [2.24, 2.45) is 5.92 Å². The largest absolute Gasteiger partial charge is 0.353 e. The van der Waals surface area contributed by atoms with E-state index in [0.29, 0.717) is 0 Å². The quantitative estimate of drug-likeness (QED) is 0.647. The molecular formula is C22H27N5OS. The molecule has 6 nitrogen and oxygen atoms in total. The van der Waals surface area contributed by atoms with Gasteiger partial charge in [0.05, 0.1) is 0 Å². The number of piperidine rings is 1. The Kier molecular flexibility index (Phi) is 6.24. The third-order valence-electron chi connectivity index (χ3n) is 5.53. The second-order valence-electron chi connectivity index (χ2n) is 7.52. The Morgan fingerprint density at radius 2 is 1.79 bits per heavy atom. The molecule has 1 fully saturated rings. The van der Waals surface area contributed by atoms with Crippen LogP contribution >= 0.6 is 11.3 Å². The molecule has 1 aromatic carbocycles. The summed E-state index contributed by atoms with van der Waals surface area (Å²) in [6, 6.07) is 14.5. The van der Waals surface area contributed by atoms with Crippen molar-refractivity contribution in [3.05, 3.63) is 60.4 Å². The van der Waals surface area contributed by atoms with Gasteiger partial charge in [-0.3, -0.25) is 9.36 Å². The van der Waals surface area contributed by atoms with Crippen LogP contribution in [0.1, 0.15) is 31.7 Å². The van der Waals surface area contributed by atoms with Crippen LogP contribution in [0.5, 0.6) is 0 Å². The number of anilines is 1. The van der Waals surface area contributed by atoms with Gasteiger partial charge in [0, 0.05) is 37.4 Å². The first-order valence-electron chi connectivity index (χ1n) is 10.3. The first-order valence-corrected chi connectivity index (χ1v) is 11.1. The SMILES string of the molecule is CC[C@H](Cc1ccccc1)NC(=O)C1CCN(c2nnc(-n3cccc3)s2)CC1. The molecule has 1 aliphatic rings. The molecule has 1 saturated heterocycles. The van der Waals surface area contributed by atoms with E-state index in [9.17, 15) is 4.79 Å². The van der Waals surface area contributed by atoms with Gasteiger partial charge < -0.3 is 10.2 Å². The van der Waals surface area contributed by atoms with Gasteiger partial charge in [-0.15, -0.1) is 10.2 Å². The van der Waals surface area contributed by atoms with Crippen LogP contribution in [-0.2, 0) is 11.2 Å². The van der Waals surface area contributed by atoms with Gasteiger partial charge >= 0.3 is 0 Å². The van der Waals surface area contributed by atoms with Crippen molar-refractivity contribution in [1.29, 1.82) is 0 Å².